The van der Waals surface area contributed by atoms with Gasteiger partial charge in [0, 0.05) is 49.3 Å². The number of piperazine rings is 1. The Morgan fingerprint density at radius 1 is 0.962 bits per heavy atom. The smallest absolute Gasteiger partial charge is 0.258 e. The fourth-order valence-corrected chi connectivity index (χ4v) is 3.14. The van der Waals surface area contributed by atoms with Crippen molar-refractivity contribution in [1.82, 2.24) is 0 Å². The molecule has 3 aromatic rings. The van der Waals surface area contributed by atoms with Gasteiger partial charge < -0.3 is 19.5 Å². The maximum absolute atomic E-state index is 12.0. The van der Waals surface area contributed by atoms with Gasteiger partial charge in [-0.25, -0.2) is 0 Å². The van der Waals surface area contributed by atoms with Gasteiger partial charge in [0.15, 0.2) is 0 Å². The standard InChI is InChI=1S/C21H20N3O2/c25-21(17-10-15-26-16-17)22-18-6-8-20(9-7-18)24-13-11-23(12-14-24)19-4-2-1-3-5-19/h1-4,6-10,15-16H,11-14H2,(H,22,25). The summed E-state index contributed by atoms with van der Waals surface area (Å²) in [5, 5.41) is 2.87. The van der Waals surface area contributed by atoms with Gasteiger partial charge in [-0.15, -0.1) is 0 Å². The maximum Gasteiger partial charge on any atom is 0.258 e. The zero-order valence-corrected chi connectivity index (χ0v) is 14.4. The molecule has 1 amide bonds. The van der Waals surface area contributed by atoms with Crippen LogP contribution in [0.15, 0.2) is 71.5 Å². The minimum atomic E-state index is -0.167. The molecule has 1 aliphatic heterocycles. The number of para-hydroxylation sites is 1. The summed E-state index contributed by atoms with van der Waals surface area (Å²) in [7, 11) is 0. The number of furan rings is 1. The number of nitrogens with zero attached hydrogens (tertiary/aromatic N) is 2. The van der Waals surface area contributed by atoms with Crippen LogP contribution in [0.3, 0.4) is 0 Å². The van der Waals surface area contributed by atoms with E-state index in [1.165, 1.54) is 18.2 Å². The van der Waals surface area contributed by atoms with E-state index in [1.54, 1.807) is 6.07 Å². The van der Waals surface area contributed by atoms with Crippen molar-refractivity contribution in [3.05, 3.63) is 78.8 Å². The number of rotatable bonds is 4. The summed E-state index contributed by atoms with van der Waals surface area (Å²) in [6.07, 6.45) is 2.93. The van der Waals surface area contributed by atoms with Gasteiger partial charge in [-0.2, -0.15) is 0 Å². The van der Waals surface area contributed by atoms with Crippen molar-refractivity contribution in [1.29, 1.82) is 0 Å². The third-order valence-electron chi connectivity index (χ3n) is 4.59. The molecule has 2 aromatic carbocycles. The van der Waals surface area contributed by atoms with E-state index in [4.69, 9.17) is 4.42 Å². The Kier molecular flexibility index (Phi) is 4.60. The van der Waals surface area contributed by atoms with E-state index in [9.17, 15) is 4.79 Å². The normalized spacial score (nSPS) is 14.3. The van der Waals surface area contributed by atoms with Crippen LogP contribution in [0, 0.1) is 6.07 Å². The molecule has 1 N–H and O–H groups in total. The van der Waals surface area contributed by atoms with Crippen LogP contribution in [0.2, 0.25) is 0 Å². The van der Waals surface area contributed by atoms with E-state index in [0.29, 0.717) is 5.56 Å². The Hall–Kier alpha value is -3.21. The van der Waals surface area contributed by atoms with Crippen LogP contribution in [-0.4, -0.2) is 32.1 Å². The number of hydrogen-bond donors (Lipinski definition) is 1. The van der Waals surface area contributed by atoms with Crippen LogP contribution in [0.5, 0.6) is 0 Å². The summed E-state index contributed by atoms with van der Waals surface area (Å²) >= 11 is 0. The molecular formula is C21H20N3O2. The second-order valence-electron chi connectivity index (χ2n) is 6.23. The van der Waals surface area contributed by atoms with Gasteiger partial charge in [-0.3, -0.25) is 4.79 Å². The summed E-state index contributed by atoms with van der Waals surface area (Å²) in [6.45, 7) is 3.87. The molecule has 0 saturated carbocycles. The molecule has 4 rings (SSSR count). The highest BCUT2D eigenvalue weighted by Gasteiger charge is 2.17. The van der Waals surface area contributed by atoms with Crippen molar-refractivity contribution in [2.24, 2.45) is 0 Å². The maximum atomic E-state index is 12.0. The second-order valence-corrected chi connectivity index (χ2v) is 6.23. The third kappa shape index (κ3) is 3.57. The number of hydrogen-bond acceptors (Lipinski definition) is 4. The lowest BCUT2D eigenvalue weighted by Gasteiger charge is -2.37. The predicted molar refractivity (Wildman–Crippen MR) is 103 cm³/mol. The molecular weight excluding hydrogens is 326 g/mol. The highest BCUT2D eigenvalue weighted by molar-refractivity contribution is 6.04. The minimum absolute atomic E-state index is 0.167. The first-order chi connectivity index (χ1) is 12.8. The van der Waals surface area contributed by atoms with Gasteiger partial charge in [0.25, 0.3) is 5.91 Å². The fraction of sp³-hybridized carbons (Fsp3) is 0.190. The lowest BCUT2D eigenvalue weighted by Crippen LogP contribution is -2.46. The zero-order valence-electron chi connectivity index (χ0n) is 14.4. The van der Waals surface area contributed by atoms with Crippen molar-refractivity contribution in [3.8, 4) is 0 Å². The van der Waals surface area contributed by atoms with Crippen molar-refractivity contribution in [2.75, 3.05) is 41.3 Å². The van der Waals surface area contributed by atoms with Crippen LogP contribution < -0.4 is 15.1 Å². The van der Waals surface area contributed by atoms with E-state index < -0.39 is 0 Å². The molecule has 0 bridgehead atoms. The number of carbonyl (C=O) groups excluding carboxylic acids is 1. The molecule has 1 aromatic heterocycles. The number of carbonyl (C=O) groups is 1. The van der Waals surface area contributed by atoms with E-state index in [-0.39, 0.29) is 5.91 Å². The first-order valence-corrected chi connectivity index (χ1v) is 8.70. The van der Waals surface area contributed by atoms with Crippen molar-refractivity contribution < 1.29 is 9.21 Å². The Balaban J connectivity index is 1.35. The van der Waals surface area contributed by atoms with Gasteiger partial charge >= 0.3 is 0 Å². The highest BCUT2D eigenvalue weighted by atomic mass is 16.3. The highest BCUT2D eigenvalue weighted by Crippen LogP contribution is 2.22. The molecule has 0 spiro atoms. The first kappa shape index (κ1) is 16.3. The summed E-state index contributed by atoms with van der Waals surface area (Å²) in [4.78, 5) is 16.8. The topological polar surface area (TPSA) is 48.7 Å². The van der Waals surface area contributed by atoms with Crippen LogP contribution in [0.4, 0.5) is 17.1 Å². The van der Waals surface area contributed by atoms with E-state index >= 15 is 0 Å². The molecule has 2 heterocycles. The monoisotopic (exact) mass is 346 g/mol. The Bertz CT molecular complexity index is 837. The SMILES string of the molecule is O=C(Nc1ccc(N2CCN(c3[c]cccc3)CC2)cc1)c1ccoc1. The molecule has 1 radical (unpaired) electrons. The third-order valence-corrected chi connectivity index (χ3v) is 4.59. The summed E-state index contributed by atoms with van der Waals surface area (Å²) in [5.74, 6) is -0.167. The van der Waals surface area contributed by atoms with Crippen LogP contribution in [-0.2, 0) is 0 Å². The van der Waals surface area contributed by atoms with Crippen LogP contribution in [0.1, 0.15) is 10.4 Å². The molecule has 5 nitrogen and oxygen atoms in total. The van der Waals surface area contributed by atoms with Gasteiger partial charge in [0.1, 0.15) is 6.26 Å². The van der Waals surface area contributed by atoms with Gasteiger partial charge in [-0.05, 0) is 36.4 Å². The predicted octanol–water partition coefficient (Wildman–Crippen LogP) is 3.66. The molecule has 1 fully saturated rings. The summed E-state index contributed by atoms with van der Waals surface area (Å²) in [6, 6.07) is 21.0. The molecule has 26 heavy (non-hydrogen) atoms. The Morgan fingerprint density at radius 2 is 1.73 bits per heavy atom. The van der Waals surface area contributed by atoms with Gasteiger partial charge in [-0.1, -0.05) is 18.2 Å². The lowest BCUT2D eigenvalue weighted by atomic mass is 10.2. The lowest BCUT2D eigenvalue weighted by molar-refractivity contribution is 0.102. The summed E-state index contributed by atoms with van der Waals surface area (Å²) < 4.78 is 4.94. The van der Waals surface area contributed by atoms with Crippen molar-refractivity contribution >= 4 is 23.0 Å². The van der Waals surface area contributed by atoms with Gasteiger partial charge in [0.05, 0.1) is 11.8 Å². The van der Waals surface area contributed by atoms with E-state index in [1.807, 2.05) is 24.3 Å². The molecule has 0 atom stereocenters. The fourth-order valence-electron chi connectivity index (χ4n) is 3.14. The van der Waals surface area contributed by atoms with E-state index in [2.05, 4.69) is 45.4 Å². The molecule has 0 aliphatic carbocycles. The molecule has 131 valence electrons. The quantitative estimate of drug-likeness (QED) is 0.783. The largest absolute Gasteiger partial charge is 0.472 e. The molecule has 1 saturated heterocycles. The average molecular weight is 346 g/mol. The molecule has 5 heteroatoms. The number of nitrogens with one attached hydrogen (secondary N) is 1. The second kappa shape index (κ2) is 7.35. The number of anilines is 3. The molecule has 1 aliphatic rings. The van der Waals surface area contributed by atoms with Crippen LogP contribution in [0.25, 0.3) is 0 Å². The van der Waals surface area contributed by atoms with Crippen molar-refractivity contribution in [2.45, 2.75) is 0 Å². The zero-order chi connectivity index (χ0) is 17.8. The van der Waals surface area contributed by atoms with E-state index in [0.717, 1.165) is 37.6 Å². The Labute approximate surface area is 152 Å². The first-order valence-electron chi connectivity index (χ1n) is 8.70. The minimum Gasteiger partial charge on any atom is -0.472 e. The Morgan fingerprint density at radius 3 is 2.38 bits per heavy atom. The van der Waals surface area contributed by atoms with Crippen molar-refractivity contribution in [3.63, 3.8) is 0 Å². The van der Waals surface area contributed by atoms with Gasteiger partial charge in [0.2, 0.25) is 0 Å². The number of amides is 1. The summed E-state index contributed by atoms with van der Waals surface area (Å²) in [5.41, 5.74) is 3.62. The number of benzene rings is 2. The molecule has 0 unspecified atom stereocenters. The average Bonchev–Trinajstić information content (AvgIpc) is 3.25. The van der Waals surface area contributed by atoms with Crippen LogP contribution >= 0.6 is 0 Å².